The Kier molecular flexibility index (Phi) is 6.64. The summed E-state index contributed by atoms with van der Waals surface area (Å²) in [4.78, 5) is 0. The van der Waals surface area contributed by atoms with Crippen molar-refractivity contribution in [1.82, 2.24) is 5.32 Å². The molecule has 1 aliphatic carbocycles. The molecule has 0 heterocycles. The van der Waals surface area contributed by atoms with E-state index in [0.29, 0.717) is 17.0 Å². The zero-order chi connectivity index (χ0) is 11.1. The molecule has 0 spiro atoms. The van der Waals surface area contributed by atoms with E-state index in [1.165, 1.54) is 32.1 Å². The molecule has 1 aliphatic rings. The molecule has 3 atom stereocenters. The van der Waals surface area contributed by atoms with Crippen molar-refractivity contribution in [3.8, 4) is 0 Å². The standard InChI is InChI=1S/C11H23NO2S/c1-12-10-5-3-2-4-6-11(10)15-8-9(14)7-13/h9-14H,2-8H2,1H3. The van der Waals surface area contributed by atoms with Crippen LogP contribution in [0.3, 0.4) is 0 Å². The van der Waals surface area contributed by atoms with Gasteiger partial charge in [0.2, 0.25) is 0 Å². The topological polar surface area (TPSA) is 52.5 Å². The fourth-order valence-corrected chi connectivity index (χ4v) is 3.50. The Morgan fingerprint density at radius 3 is 2.73 bits per heavy atom. The van der Waals surface area contributed by atoms with Gasteiger partial charge < -0.3 is 15.5 Å². The maximum Gasteiger partial charge on any atom is 0.0861 e. The Labute approximate surface area is 96.6 Å². The summed E-state index contributed by atoms with van der Waals surface area (Å²) >= 11 is 1.80. The van der Waals surface area contributed by atoms with E-state index in [9.17, 15) is 5.11 Å². The van der Waals surface area contributed by atoms with Gasteiger partial charge in [0.15, 0.2) is 0 Å². The van der Waals surface area contributed by atoms with Crippen molar-refractivity contribution in [2.75, 3.05) is 19.4 Å². The Balaban J connectivity index is 2.34. The minimum Gasteiger partial charge on any atom is -0.394 e. The lowest BCUT2D eigenvalue weighted by atomic mass is 10.1. The van der Waals surface area contributed by atoms with Crippen LogP contribution in [-0.2, 0) is 0 Å². The Bertz CT molecular complexity index is 169. The number of hydrogen-bond donors (Lipinski definition) is 3. The first kappa shape index (κ1) is 13.3. The Morgan fingerprint density at radius 1 is 1.33 bits per heavy atom. The third kappa shape index (κ3) is 4.72. The molecular weight excluding hydrogens is 210 g/mol. The molecule has 0 amide bonds. The predicted octanol–water partition coefficient (Wildman–Crippen LogP) is 0.993. The van der Waals surface area contributed by atoms with Crippen LogP contribution >= 0.6 is 11.8 Å². The molecule has 1 fully saturated rings. The first-order valence-corrected chi connectivity index (χ1v) is 6.90. The van der Waals surface area contributed by atoms with Crippen LogP contribution in [0.1, 0.15) is 32.1 Å². The summed E-state index contributed by atoms with van der Waals surface area (Å²) in [6.07, 6.45) is 5.85. The monoisotopic (exact) mass is 233 g/mol. The van der Waals surface area contributed by atoms with Crippen LogP contribution in [0.5, 0.6) is 0 Å². The lowest BCUT2D eigenvalue weighted by Crippen LogP contribution is -2.35. The molecule has 15 heavy (non-hydrogen) atoms. The number of thioether (sulfide) groups is 1. The largest absolute Gasteiger partial charge is 0.394 e. The second kappa shape index (κ2) is 7.49. The van der Waals surface area contributed by atoms with Gasteiger partial charge in [-0.25, -0.2) is 0 Å². The van der Waals surface area contributed by atoms with E-state index in [2.05, 4.69) is 5.32 Å². The lowest BCUT2D eigenvalue weighted by Gasteiger charge is -2.24. The first-order chi connectivity index (χ1) is 7.27. The van der Waals surface area contributed by atoms with Gasteiger partial charge in [0.05, 0.1) is 12.7 Å². The first-order valence-electron chi connectivity index (χ1n) is 5.85. The molecule has 90 valence electrons. The zero-order valence-corrected chi connectivity index (χ0v) is 10.3. The summed E-state index contributed by atoms with van der Waals surface area (Å²) in [6.45, 7) is -0.121. The van der Waals surface area contributed by atoms with E-state index in [-0.39, 0.29) is 6.61 Å². The van der Waals surface area contributed by atoms with Crippen molar-refractivity contribution in [3.05, 3.63) is 0 Å². The van der Waals surface area contributed by atoms with Crippen molar-refractivity contribution in [1.29, 1.82) is 0 Å². The van der Waals surface area contributed by atoms with Crippen LogP contribution in [0.25, 0.3) is 0 Å². The fraction of sp³-hybridized carbons (Fsp3) is 1.00. The maximum absolute atomic E-state index is 9.33. The number of aliphatic hydroxyl groups is 2. The number of nitrogens with one attached hydrogen (secondary N) is 1. The average Bonchev–Trinajstić information content (AvgIpc) is 2.50. The van der Waals surface area contributed by atoms with E-state index in [1.54, 1.807) is 11.8 Å². The van der Waals surface area contributed by atoms with E-state index in [4.69, 9.17) is 5.11 Å². The minimum atomic E-state index is -0.559. The van der Waals surface area contributed by atoms with Crippen LogP contribution in [0.15, 0.2) is 0 Å². The second-order valence-electron chi connectivity index (χ2n) is 4.24. The van der Waals surface area contributed by atoms with Crippen molar-refractivity contribution < 1.29 is 10.2 Å². The van der Waals surface area contributed by atoms with E-state index in [1.807, 2.05) is 7.05 Å². The molecule has 1 saturated carbocycles. The van der Waals surface area contributed by atoms with E-state index < -0.39 is 6.10 Å². The summed E-state index contributed by atoms with van der Waals surface area (Å²) in [5.74, 6) is 0.652. The van der Waals surface area contributed by atoms with Gasteiger partial charge in [0, 0.05) is 17.0 Å². The molecule has 3 nitrogen and oxygen atoms in total. The molecule has 3 unspecified atom stereocenters. The third-order valence-electron chi connectivity index (χ3n) is 3.04. The highest BCUT2D eigenvalue weighted by molar-refractivity contribution is 8.00. The number of hydrogen-bond acceptors (Lipinski definition) is 4. The molecule has 4 heteroatoms. The fourth-order valence-electron chi connectivity index (χ4n) is 2.09. The van der Waals surface area contributed by atoms with Crippen molar-refractivity contribution in [2.24, 2.45) is 0 Å². The summed E-state index contributed by atoms with van der Waals surface area (Å²) < 4.78 is 0. The molecule has 0 aliphatic heterocycles. The van der Waals surface area contributed by atoms with Gasteiger partial charge in [-0.3, -0.25) is 0 Å². The molecule has 0 aromatic carbocycles. The second-order valence-corrected chi connectivity index (χ2v) is 5.51. The smallest absolute Gasteiger partial charge is 0.0861 e. The summed E-state index contributed by atoms with van der Waals surface area (Å²) in [5, 5.41) is 22.1. The van der Waals surface area contributed by atoms with Gasteiger partial charge in [-0.1, -0.05) is 19.3 Å². The van der Waals surface area contributed by atoms with Crippen LogP contribution in [-0.4, -0.2) is 47.0 Å². The zero-order valence-electron chi connectivity index (χ0n) is 9.48. The molecule has 0 saturated heterocycles. The molecule has 0 aromatic heterocycles. The Morgan fingerprint density at radius 2 is 2.07 bits per heavy atom. The number of aliphatic hydroxyl groups excluding tert-OH is 2. The van der Waals surface area contributed by atoms with Crippen molar-refractivity contribution in [2.45, 2.75) is 49.5 Å². The van der Waals surface area contributed by atoms with E-state index >= 15 is 0 Å². The summed E-state index contributed by atoms with van der Waals surface area (Å²) in [6, 6.07) is 0.573. The summed E-state index contributed by atoms with van der Waals surface area (Å²) in [7, 11) is 2.02. The summed E-state index contributed by atoms with van der Waals surface area (Å²) in [5.41, 5.74) is 0. The quantitative estimate of drug-likeness (QED) is 0.620. The molecule has 1 rings (SSSR count). The lowest BCUT2D eigenvalue weighted by molar-refractivity contribution is 0.113. The van der Waals surface area contributed by atoms with Crippen LogP contribution < -0.4 is 5.32 Å². The van der Waals surface area contributed by atoms with Gasteiger partial charge in [-0.15, -0.1) is 0 Å². The Hall–Kier alpha value is 0.230. The normalized spacial score (nSPS) is 29.8. The molecule has 0 bridgehead atoms. The van der Waals surface area contributed by atoms with Gasteiger partial charge in [-0.2, -0.15) is 11.8 Å². The minimum absolute atomic E-state index is 0.121. The van der Waals surface area contributed by atoms with E-state index in [0.717, 1.165) is 0 Å². The molecule has 0 aromatic rings. The number of rotatable bonds is 5. The van der Waals surface area contributed by atoms with Crippen LogP contribution in [0.4, 0.5) is 0 Å². The predicted molar refractivity (Wildman–Crippen MR) is 65.3 cm³/mol. The maximum atomic E-state index is 9.33. The molecule has 0 radical (unpaired) electrons. The molecule has 3 N–H and O–H groups in total. The molecular formula is C11H23NO2S. The van der Waals surface area contributed by atoms with Gasteiger partial charge in [0.1, 0.15) is 0 Å². The van der Waals surface area contributed by atoms with Gasteiger partial charge in [0.25, 0.3) is 0 Å². The van der Waals surface area contributed by atoms with Crippen molar-refractivity contribution >= 4 is 11.8 Å². The van der Waals surface area contributed by atoms with Crippen molar-refractivity contribution in [3.63, 3.8) is 0 Å². The van der Waals surface area contributed by atoms with Crippen LogP contribution in [0.2, 0.25) is 0 Å². The van der Waals surface area contributed by atoms with Gasteiger partial charge >= 0.3 is 0 Å². The van der Waals surface area contributed by atoms with Gasteiger partial charge in [-0.05, 0) is 19.9 Å². The SMILES string of the molecule is CNC1CCCCCC1SCC(O)CO. The highest BCUT2D eigenvalue weighted by Gasteiger charge is 2.23. The third-order valence-corrected chi connectivity index (χ3v) is 4.61. The highest BCUT2D eigenvalue weighted by atomic mass is 32.2. The highest BCUT2D eigenvalue weighted by Crippen LogP contribution is 2.28. The van der Waals surface area contributed by atoms with Crippen LogP contribution in [0, 0.1) is 0 Å². The average molecular weight is 233 g/mol.